The molecule has 1 aromatic heterocycles. The van der Waals surface area contributed by atoms with Gasteiger partial charge in [-0.2, -0.15) is 10.4 Å². The van der Waals surface area contributed by atoms with E-state index in [0.29, 0.717) is 12.8 Å². The number of carbonyl (C=O) groups excluding carboxylic acids is 2. The molecule has 2 heterocycles. The van der Waals surface area contributed by atoms with Gasteiger partial charge in [0.05, 0.1) is 25.1 Å². The van der Waals surface area contributed by atoms with Gasteiger partial charge in [-0.3, -0.25) is 19.2 Å². The molecule has 2 aliphatic rings. The zero-order chi connectivity index (χ0) is 22.7. The summed E-state index contributed by atoms with van der Waals surface area (Å²) in [6.45, 7) is 2.33. The zero-order valence-corrected chi connectivity index (χ0v) is 18.2. The number of benzene rings is 1. The van der Waals surface area contributed by atoms with Crippen LogP contribution in [0.1, 0.15) is 48.0 Å². The van der Waals surface area contributed by atoms with Gasteiger partial charge in [0, 0.05) is 31.7 Å². The smallest absolute Gasteiger partial charge is 0.254 e. The summed E-state index contributed by atoms with van der Waals surface area (Å²) in [7, 11) is 1.65. The number of anilines is 1. The van der Waals surface area contributed by atoms with Crippen molar-refractivity contribution in [3.05, 3.63) is 41.6 Å². The Morgan fingerprint density at radius 1 is 1.34 bits per heavy atom. The van der Waals surface area contributed by atoms with Crippen LogP contribution in [0.25, 0.3) is 0 Å². The summed E-state index contributed by atoms with van der Waals surface area (Å²) >= 11 is 0. The summed E-state index contributed by atoms with van der Waals surface area (Å²) in [5.41, 5.74) is 6.34. The largest absolute Gasteiger partial charge is 0.497 e. The number of nitrogens with zero attached hydrogens (tertiary/aromatic N) is 4. The number of piperidine rings is 1. The second-order valence-corrected chi connectivity index (χ2v) is 8.65. The van der Waals surface area contributed by atoms with Gasteiger partial charge in [0.25, 0.3) is 5.91 Å². The highest BCUT2D eigenvalue weighted by atomic mass is 16.5. The van der Waals surface area contributed by atoms with Crippen molar-refractivity contribution in [2.45, 2.75) is 44.2 Å². The van der Waals surface area contributed by atoms with E-state index in [1.807, 2.05) is 18.2 Å². The van der Waals surface area contributed by atoms with Gasteiger partial charge in [0.15, 0.2) is 5.82 Å². The third kappa shape index (κ3) is 4.60. The fraction of sp³-hybridized carbons (Fsp3) is 0.478. The third-order valence-corrected chi connectivity index (χ3v) is 6.39. The van der Waals surface area contributed by atoms with Crippen molar-refractivity contribution in [1.82, 2.24) is 14.7 Å². The minimum Gasteiger partial charge on any atom is -0.497 e. The van der Waals surface area contributed by atoms with Crippen LogP contribution in [0.3, 0.4) is 0 Å². The number of ether oxygens (including phenoxy) is 1. The lowest BCUT2D eigenvalue weighted by atomic mass is 9.84. The average molecular weight is 437 g/mol. The second kappa shape index (κ2) is 9.01. The van der Waals surface area contributed by atoms with Crippen molar-refractivity contribution < 1.29 is 14.3 Å². The molecule has 3 N–H and O–H groups in total. The first-order chi connectivity index (χ1) is 15.4. The fourth-order valence-corrected chi connectivity index (χ4v) is 4.24. The molecule has 4 rings (SSSR count). The topological polar surface area (TPSA) is 126 Å². The van der Waals surface area contributed by atoms with E-state index in [0.717, 1.165) is 43.8 Å². The van der Waals surface area contributed by atoms with Crippen LogP contribution in [0.15, 0.2) is 30.5 Å². The number of rotatable bonds is 8. The Kier molecular flexibility index (Phi) is 6.15. The van der Waals surface area contributed by atoms with E-state index in [4.69, 9.17) is 10.5 Å². The third-order valence-electron chi connectivity index (χ3n) is 6.39. The normalized spacial score (nSPS) is 18.0. The first-order valence-corrected chi connectivity index (χ1v) is 10.9. The molecule has 0 atom stereocenters. The molecule has 2 fully saturated rings. The number of hydrogen-bond donors (Lipinski definition) is 2. The van der Waals surface area contributed by atoms with Crippen LogP contribution in [0.4, 0.5) is 5.82 Å². The molecular weight excluding hydrogens is 408 g/mol. The van der Waals surface area contributed by atoms with Crippen molar-refractivity contribution in [3.8, 4) is 11.8 Å². The molecule has 0 unspecified atom stereocenters. The number of nitrogens with one attached hydrogen (secondary N) is 1. The van der Waals surface area contributed by atoms with Crippen molar-refractivity contribution in [2.24, 2.45) is 11.7 Å². The van der Waals surface area contributed by atoms with Gasteiger partial charge in [0.2, 0.25) is 5.91 Å². The minimum atomic E-state index is -0.648. The zero-order valence-electron chi connectivity index (χ0n) is 18.2. The quantitative estimate of drug-likeness (QED) is 0.654. The number of carbonyl (C=O) groups is 2. The number of nitrogens with two attached hydrogens (primary N) is 1. The maximum Gasteiger partial charge on any atom is 0.254 e. The summed E-state index contributed by atoms with van der Waals surface area (Å²) in [5.74, 6) is 0.207. The molecule has 1 aliphatic heterocycles. The Bertz CT molecular complexity index is 1040. The van der Waals surface area contributed by atoms with Gasteiger partial charge in [-0.05, 0) is 43.4 Å². The van der Waals surface area contributed by atoms with Crippen LogP contribution in [-0.4, -0.2) is 46.7 Å². The van der Waals surface area contributed by atoms with Gasteiger partial charge in [-0.15, -0.1) is 0 Å². The van der Waals surface area contributed by atoms with E-state index < -0.39 is 11.4 Å². The van der Waals surface area contributed by atoms with Crippen LogP contribution in [0.2, 0.25) is 0 Å². The van der Waals surface area contributed by atoms with E-state index in [1.165, 1.54) is 0 Å². The number of aromatic nitrogens is 2. The number of hydrogen-bond acceptors (Lipinski definition) is 6. The van der Waals surface area contributed by atoms with Crippen LogP contribution in [0, 0.1) is 17.2 Å². The predicted octanol–water partition coefficient (Wildman–Crippen LogP) is 2.24. The van der Waals surface area contributed by atoms with Gasteiger partial charge in [-0.1, -0.05) is 12.1 Å². The Morgan fingerprint density at radius 2 is 2.09 bits per heavy atom. The van der Waals surface area contributed by atoms with Crippen LogP contribution in [0.5, 0.6) is 5.75 Å². The summed E-state index contributed by atoms with van der Waals surface area (Å²) in [6, 6.07) is 10.3. The summed E-state index contributed by atoms with van der Waals surface area (Å²) in [4.78, 5) is 26.5. The highest BCUT2D eigenvalue weighted by Crippen LogP contribution is 2.36. The molecule has 1 aromatic carbocycles. The average Bonchev–Trinajstić information content (AvgIpc) is 3.55. The number of methoxy groups -OCH3 is 1. The van der Waals surface area contributed by atoms with Crippen molar-refractivity contribution >= 4 is 17.6 Å². The molecule has 9 nitrogen and oxygen atoms in total. The van der Waals surface area contributed by atoms with Crippen molar-refractivity contribution in [1.29, 1.82) is 5.26 Å². The Balaban J connectivity index is 1.51. The lowest BCUT2D eigenvalue weighted by Crippen LogP contribution is -2.46. The Hall–Kier alpha value is -3.38. The van der Waals surface area contributed by atoms with Crippen LogP contribution < -0.4 is 15.8 Å². The first-order valence-electron chi connectivity index (χ1n) is 10.9. The fourth-order valence-electron chi connectivity index (χ4n) is 4.24. The van der Waals surface area contributed by atoms with E-state index >= 15 is 0 Å². The van der Waals surface area contributed by atoms with Crippen LogP contribution >= 0.6 is 0 Å². The van der Waals surface area contributed by atoms with Gasteiger partial charge in [0.1, 0.15) is 11.3 Å². The number of likely N-dealkylation sites (tertiary alicyclic amines) is 1. The summed E-state index contributed by atoms with van der Waals surface area (Å²) in [5, 5.41) is 16.8. The number of amides is 2. The van der Waals surface area contributed by atoms with Crippen molar-refractivity contribution in [3.63, 3.8) is 0 Å². The van der Waals surface area contributed by atoms with Crippen LogP contribution in [-0.2, 0) is 16.9 Å². The molecule has 1 saturated heterocycles. The molecular formula is C23H28N6O3. The Morgan fingerprint density at radius 3 is 2.72 bits per heavy atom. The molecule has 1 aliphatic carbocycles. The van der Waals surface area contributed by atoms with E-state index in [-0.39, 0.29) is 29.6 Å². The minimum absolute atomic E-state index is 0.0196. The first kappa shape index (κ1) is 21.8. The van der Waals surface area contributed by atoms with E-state index in [9.17, 15) is 14.9 Å². The SMILES string of the molecule is COc1cccc(CN2CCC(CC#N)(n3cc(C(N)=O)c(NC(=O)C4CC4)n3)CC2)c1. The lowest BCUT2D eigenvalue weighted by Gasteiger charge is -2.40. The second-order valence-electron chi connectivity index (χ2n) is 8.65. The molecule has 0 radical (unpaired) electrons. The maximum atomic E-state index is 12.2. The molecule has 32 heavy (non-hydrogen) atoms. The highest BCUT2D eigenvalue weighted by Gasteiger charge is 2.39. The number of primary amides is 1. The van der Waals surface area contributed by atoms with Crippen molar-refractivity contribution in [2.75, 3.05) is 25.5 Å². The Labute approximate surface area is 187 Å². The molecule has 1 saturated carbocycles. The van der Waals surface area contributed by atoms with E-state index in [1.54, 1.807) is 18.0 Å². The molecule has 2 aromatic rings. The highest BCUT2D eigenvalue weighted by molar-refractivity contribution is 6.02. The molecule has 0 bridgehead atoms. The van der Waals surface area contributed by atoms with Gasteiger partial charge < -0.3 is 15.8 Å². The predicted molar refractivity (Wildman–Crippen MR) is 118 cm³/mol. The molecule has 9 heteroatoms. The standard InChI is InChI=1S/C23H28N6O3/c1-32-18-4-2-3-16(13-18)14-28-11-8-23(7-10-24,9-12-28)29-15-19(20(25)30)21(27-29)26-22(31)17-5-6-17/h2-4,13,15,17H,5-9,11-12,14H2,1H3,(H2,25,30)(H,26,27,31). The molecule has 168 valence electrons. The molecule has 2 amide bonds. The summed E-state index contributed by atoms with van der Waals surface area (Å²) < 4.78 is 6.99. The van der Waals surface area contributed by atoms with Gasteiger partial charge >= 0.3 is 0 Å². The van der Waals surface area contributed by atoms with Gasteiger partial charge in [-0.25, -0.2) is 0 Å². The lowest BCUT2D eigenvalue weighted by molar-refractivity contribution is -0.117. The van der Waals surface area contributed by atoms with E-state index in [2.05, 4.69) is 27.5 Å². The monoisotopic (exact) mass is 436 g/mol. The maximum absolute atomic E-state index is 12.2. The summed E-state index contributed by atoms with van der Waals surface area (Å²) in [6.07, 6.45) is 4.93. The molecule has 0 spiro atoms. The number of nitriles is 1.